The van der Waals surface area contributed by atoms with Gasteiger partial charge in [0.2, 0.25) is 0 Å². The Hall–Kier alpha value is -2.00. The smallest absolute Gasteiger partial charge is 0.118 e. The fourth-order valence-corrected chi connectivity index (χ4v) is 3.30. The topological polar surface area (TPSA) is 27.7 Å². The van der Waals surface area contributed by atoms with Crippen LogP contribution < -0.4 is 9.47 Å². The third kappa shape index (κ3) is 4.30. The molecule has 1 saturated heterocycles. The van der Waals surface area contributed by atoms with E-state index in [1.165, 1.54) is 17.5 Å². The second-order valence-electron chi connectivity index (χ2n) is 6.34. The summed E-state index contributed by atoms with van der Waals surface area (Å²) in [7, 11) is 3.39. The highest BCUT2D eigenvalue weighted by molar-refractivity contribution is 5.29. The summed E-state index contributed by atoms with van der Waals surface area (Å²) >= 11 is 0. The number of benzene rings is 2. The molecule has 1 aliphatic rings. The molecule has 128 valence electrons. The number of hydrogen-bond donors (Lipinski definition) is 0. The van der Waals surface area contributed by atoms with Crippen LogP contribution in [0.2, 0.25) is 0 Å². The van der Waals surface area contributed by atoms with Crippen LogP contribution in [-0.4, -0.2) is 20.3 Å². The lowest BCUT2D eigenvalue weighted by Gasteiger charge is -2.30. The van der Waals surface area contributed by atoms with Crippen molar-refractivity contribution in [2.45, 2.75) is 44.3 Å². The second kappa shape index (κ2) is 8.20. The molecular weight excluding hydrogens is 300 g/mol. The lowest BCUT2D eigenvalue weighted by atomic mass is 9.95. The van der Waals surface area contributed by atoms with Crippen LogP contribution in [0.25, 0.3) is 0 Å². The van der Waals surface area contributed by atoms with Crippen molar-refractivity contribution in [2.24, 2.45) is 0 Å². The molecule has 0 spiro atoms. The molecule has 1 aliphatic heterocycles. The monoisotopic (exact) mass is 326 g/mol. The minimum absolute atomic E-state index is 0.213. The Labute approximate surface area is 144 Å². The van der Waals surface area contributed by atoms with E-state index in [4.69, 9.17) is 14.2 Å². The first-order valence-electron chi connectivity index (χ1n) is 8.71. The molecule has 3 rings (SSSR count). The zero-order chi connectivity index (χ0) is 16.8. The van der Waals surface area contributed by atoms with Crippen molar-refractivity contribution in [3.05, 3.63) is 59.7 Å². The summed E-state index contributed by atoms with van der Waals surface area (Å²) in [5.74, 6) is 1.80. The zero-order valence-corrected chi connectivity index (χ0v) is 14.5. The van der Waals surface area contributed by atoms with E-state index in [1.807, 2.05) is 24.3 Å². The van der Waals surface area contributed by atoms with Crippen LogP contribution in [0.3, 0.4) is 0 Å². The van der Waals surface area contributed by atoms with E-state index in [9.17, 15) is 0 Å². The predicted octanol–water partition coefficient (Wildman–Crippen LogP) is 4.95. The van der Waals surface area contributed by atoms with Gasteiger partial charge in [-0.1, -0.05) is 24.3 Å². The first-order valence-corrected chi connectivity index (χ1v) is 8.71. The van der Waals surface area contributed by atoms with Gasteiger partial charge < -0.3 is 14.2 Å². The first-order chi connectivity index (χ1) is 11.8. The molecule has 0 radical (unpaired) electrons. The Bertz CT molecular complexity index is 619. The van der Waals surface area contributed by atoms with Crippen molar-refractivity contribution in [1.29, 1.82) is 0 Å². The number of rotatable bonds is 6. The van der Waals surface area contributed by atoms with Gasteiger partial charge >= 0.3 is 0 Å². The first kappa shape index (κ1) is 16.8. The largest absolute Gasteiger partial charge is 0.497 e. The fraction of sp³-hybridized carbons (Fsp3) is 0.429. The Balaban J connectivity index is 1.54. The van der Waals surface area contributed by atoms with Gasteiger partial charge in [-0.15, -0.1) is 0 Å². The summed E-state index contributed by atoms with van der Waals surface area (Å²) in [5.41, 5.74) is 2.59. The molecule has 2 atom stereocenters. The number of methoxy groups -OCH3 is 2. The highest BCUT2D eigenvalue weighted by atomic mass is 16.5. The molecule has 3 nitrogen and oxygen atoms in total. The van der Waals surface area contributed by atoms with E-state index in [1.54, 1.807) is 14.2 Å². The van der Waals surface area contributed by atoms with Crippen molar-refractivity contribution in [3.63, 3.8) is 0 Å². The molecule has 3 heteroatoms. The van der Waals surface area contributed by atoms with E-state index in [0.29, 0.717) is 6.10 Å². The van der Waals surface area contributed by atoms with Crippen molar-refractivity contribution >= 4 is 0 Å². The Morgan fingerprint density at radius 1 is 0.875 bits per heavy atom. The third-order valence-electron chi connectivity index (χ3n) is 4.75. The highest BCUT2D eigenvalue weighted by Gasteiger charge is 2.23. The quantitative estimate of drug-likeness (QED) is 0.752. The van der Waals surface area contributed by atoms with Gasteiger partial charge in [-0.05, 0) is 67.5 Å². The molecule has 0 saturated carbocycles. The summed E-state index contributed by atoms with van der Waals surface area (Å²) in [4.78, 5) is 0. The van der Waals surface area contributed by atoms with E-state index in [-0.39, 0.29) is 6.10 Å². The SMILES string of the molecule is COc1ccc(CC[C@@H]2CCC[C@H](c3ccc(OC)cc3)O2)cc1. The molecule has 1 fully saturated rings. The van der Waals surface area contributed by atoms with Gasteiger partial charge in [0.25, 0.3) is 0 Å². The average molecular weight is 326 g/mol. The molecule has 0 aromatic heterocycles. The molecule has 1 heterocycles. The highest BCUT2D eigenvalue weighted by Crippen LogP contribution is 2.33. The fourth-order valence-electron chi connectivity index (χ4n) is 3.30. The van der Waals surface area contributed by atoms with Crippen LogP contribution in [0.15, 0.2) is 48.5 Å². The van der Waals surface area contributed by atoms with Crippen molar-refractivity contribution in [2.75, 3.05) is 14.2 Å². The van der Waals surface area contributed by atoms with E-state index in [2.05, 4.69) is 24.3 Å². The Kier molecular flexibility index (Phi) is 5.76. The molecule has 0 unspecified atom stereocenters. The lowest BCUT2D eigenvalue weighted by Crippen LogP contribution is -2.23. The van der Waals surface area contributed by atoms with E-state index < -0.39 is 0 Å². The summed E-state index contributed by atoms with van der Waals surface area (Å²) < 4.78 is 16.8. The van der Waals surface area contributed by atoms with Gasteiger partial charge in [-0.25, -0.2) is 0 Å². The van der Waals surface area contributed by atoms with E-state index >= 15 is 0 Å². The van der Waals surface area contributed by atoms with Crippen molar-refractivity contribution in [3.8, 4) is 11.5 Å². The second-order valence-corrected chi connectivity index (χ2v) is 6.34. The molecule has 2 aromatic rings. The van der Waals surface area contributed by atoms with Gasteiger partial charge in [0.1, 0.15) is 11.5 Å². The van der Waals surface area contributed by atoms with Gasteiger partial charge in [-0.2, -0.15) is 0 Å². The molecule has 0 N–H and O–H groups in total. The van der Waals surface area contributed by atoms with Crippen LogP contribution in [0.1, 0.15) is 42.9 Å². The Morgan fingerprint density at radius 3 is 2.12 bits per heavy atom. The van der Waals surface area contributed by atoms with Crippen molar-refractivity contribution in [1.82, 2.24) is 0 Å². The van der Waals surface area contributed by atoms with Gasteiger partial charge in [-0.3, -0.25) is 0 Å². The molecule has 2 aromatic carbocycles. The minimum atomic E-state index is 0.213. The summed E-state index contributed by atoms with van der Waals surface area (Å²) in [6, 6.07) is 16.6. The number of ether oxygens (including phenoxy) is 3. The molecule has 24 heavy (non-hydrogen) atoms. The number of hydrogen-bond acceptors (Lipinski definition) is 3. The third-order valence-corrected chi connectivity index (χ3v) is 4.75. The summed E-state index contributed by atoms with van der Waals surface area (Å²) in [6.45, 7) is 0. The van der Waals surface area contributed by atoms with Crippen molar-refractivity contribution < 1.29 is 14.2 Å². The van der Waals surface area contributed by atoms with Gasteiger partial charge in [0, 0.05) is 0 Å². The van der Waals surface area contributed by atoms with Crippen LogP contribution in [-0.2, 0) is 11.2 Å². The molecular formula is C21H26O3. The maximum absolute atomic E-state index is 6.35. The van der Waals surface area contributed by atoms with Crippen LogP contribution in [0.4, 0.5) is 0 Å². The maximum Gasteiger partial charge on any atom is 0.118 e. The van der Waals surface area contributed by atoms with Crippen LogP contribution >= 0.6 is 0 Å². The van der Waals surface area contributed by atoms with Crippen LogP contribution in [0, 0.1) is 0 Å². The molecule has 0 amide bonds. The standard InChI is InChI=1S/C21H26O3/c1-22-18-11-6-16(7-12-18)8-13-20-4-3-5-21(24-20)17-9-14-19(23-2)15-10-17/h6-7,9-12,14-15,20-21H,3-5,8,13H2,1-2H3/t20-,21+/m0/s1. The van der Waals surface area contributed by atoms with Gasteiger partial charge in [0.05, 0.1) is 26.4 Å². The Morgan fingerprint density at radius 2 is 1.50 bits per heavy atom. The lowest BCUT2D eigenvalue weighted by molar-refractivity contribution is -0.0546. The zero-order valence-electron chi connectivity index (χ0n) is 14.5. The normalized spacial score (nSPS) is 20.6. The van der Waals surface area contributed by atoms with Gasteiger partial charge in [0.15, 0.2) is 0 Å². The average Bonchev–Trinajstić information content (AvgIpc) is 2.67. The summed E-state index contributed by atoms with van der Waals surface area (Å²) in [6.07, 6.45) is 6.15. The molecule has 0 aliphatic carbocycles. The minimum Gasteiger partial charge on any atom is -0.497 e. The maximum atomic E-state index is 6.35. The van der Waals surface area contributed by atoms with E-state index in [0.717, 1.165) is 37.2 Å². The summed E-state index contributed by atoms with van der Waals surface area (Å²) in [5, 5.41) is 0. The van der Waals surface area contributed by atoms with Crippen LogP contribution in [0.5, 0.6) is 11.5 Å². The number of aryl methyl sites for hydroxylation is 1. The predicted molar refractivity (Wildman–Crippen MR) is 95.8 cm³/mol. The molecule has 0 bridgehead atoms.